The first kappa shape index (κ1) is 13.3. The van der Waals surface area contributed by atoms with Crippen molar-refractivity contribution in [2.24, 2.45) is 5.73 Å². The summed E-state index contributed by atoms with van der Waals surface area (Å²) in [6, 6.07) is 17.3. The first-order chi connectivity index (χ1) is 10.3. The first-order valence-corrected chi connectivity index (χ1v) is 7.94. The van der Waals surface area contributed by atoms with Gasteiger partial charge in [0.05, 0.1) is 0 Å². The summed E-state index contributed by atoms with van der Waals surface area (Å²) in [7, 11) is 0. The van der Waals surface area contributed by atoms with Crippen LogP contribution in [0.3, 0.4) is 0 Å². The van der Waals surface area contributed by atoms with Gasteiger partial charge in [0.1, 0.15) is 0 Å². The van der Waals surface area contributed by atoms with E-state index in [9.17, 15) is 0 Å². The van der Waals surface area contributed by atoms with E-state index in [1.54, 1.807) is 0 Å². The zero-order chi connectivity index (χ0) is 14.4. The highest BCUT2D eigenvalue weighted by atomic mass is 35.5. The molecule has 0 radical (unpaired) electrons. The van der Waals surface area contributed by atoms with Crippen molar-refractivity contribution in [2.45, 2.75) is 31.0 Å². The van der Waals surface area contributed by atoms with Crippen molar-refractivity contribution in [3.05, 3.63) is 70.2 Å². The summed E-state index contributed by atoms with van der Waals surface area (Å²) >= 11 is 6.41. The third kappa shape index (κ3) is 1.94. The van der Waals surface area contributed by atoms with E-state index in [1.165, 1.54) is 29.5 Å². The average Bonchev–Trinajstić information content (AvgIpc) is 3.24. The molecule has 0 bridgehead atoms. The smallest absolute Gasteiger partial charge is 0.0486 e. The molecule has 1 fully saturated rings. The second kappa shape index (κ2) is 4.84. The van der Waals surface area contributed by atoms with Crippen molar-refractivity contribution < 1.29 is 0 Å². The van der Waals surface area contributed by atoms with Gasteiger partial charge in [-0.25, -0.2) is 0 Å². The van der Waals surface area contributed by atoms with Crippen LogP contribution in [0.5, 0.6) is 0 Å². The fourth-order valence-corrected chi connectivity index (χ4v) is 4.06. The number of halogens is 1. The molecule has 21 heavy (non-hydrogen) atoms. The van der Waals surface area contributed by atoms with Gasteiger partial charge in [-0.15, -0.1) is 0 Å². The minimum Gasteiger partial charge on any atom is -0.329 e. The lowest BCUT2D eigenvalue weighted by molar-refractivity contribution is 0.129. The first-order valence-electron chi connectivity index (χ1n) is 7.56. The Morgan fingerprint density at radius 2 is 1.86 bits per heavy atom. The molecule has 108 valence electrons. The summed E-state index contributed by atoms with van der Waals surface area (Å²) < 4.78 is 0. The molecule has 0 aromatic heterocycles. The fraction of sp³-hybridized carbons (Fsp3) is 0.333. The monoisotopic (exact) mass is 298 g/mol. The van der Waals surface area contributed by atoms with E-state index < -0.39 is 0 Å². The van der Waals surface area contributed by atoms with Crippen molar-refractivity contribution in [3.63, 3.8) is 0 Å². The highest BCUT2D eigenvalue weighted by molar-refractivity contribution is 6.31. The van der Waals surface area contributed by atoms with Crippen LogP contribution in [0.4, 0.5) is 0 Å². The van der Waals surface area contributed by atoms with Crippen LogP contribution in [0.2, 0.25) is 5.02 Å². The predicted molar refractivity (Wildman–Crippen MR) is 86.1 cm³/mol. The number of benzene rings is 2. The molecular formula is C18H19ClN2. The van der Waals surface area contributed by atoms with Crippen molar-refractivity contribution in [1.82, 2.24) is 4.90 Å². The van der Waals surface area contributed by atoms with Gasteiger partial charge < -0.3 is 5.73 Å². The van der Waals surface area contributed by atoms with Crippen LogP contribution in [0.25, 0.3) is 0 Å². The second-order valence-corrected chi connectivity index (χ2v) is 6.49. The Hall–Kier alpha value is -1.35. The van der Waals surface area contributed by atoms with E-state index in [0.29, 0.717) is 6.54 Å². The minimum atomic E-state index is 0.160. The molecule has 3 heteroatoms. The lowest BCUT2D eigenvalue weighted by Gasteiger charge is -2.33. The van der Waals surface area contributed by atoms with E-state index in [0.717, 1.165) is 11.6 Å². The van der Waals surface area contributed by atoms with E-state index in [-0.39, 0.29) is 11.6 Å². The Bertz CT molecular complexity index is 664. The number of rotatable bonds is 3. The van der Waals surface area contributed by atoms with Crippen LogP contribution in [0, 0.1) is 0 Å². The molecule has 2 aromatic carbocycles. The summed E-state index contributed by atoms with van der Waals surface area (Å²) in [5.41, 5.74) is 10.3. The Kier molecular flexibility index (Phi) is 3.07. The maximum atomic E-state index is 6.41. The zero-order valence-corrected chi connectivity index (χ0v) is 12.7. The van der Waals surface area contributed by atoms with Gasteiger partial charge in [-0.1, -0.05) is 54.1 Å². The van der Waals surface area contributed by atoms with Gasteiger partial charge in [0.25, 0.3) is 0 Å². The van der Waals surface area contributed by atoms with Crippen LogP contribution in [-0.2, 0) is 12.1 Å². The van der Waals surface area contributed by atoms with Gasteiger partial charge >= 0.3 is 0 Å². The van der Waals surface area contributed by atoms with Crippen LogP contribution < -0.4 is 5.73 Å². The number of nitrogens with zero attached hydrogens (tertiary/aromatic N) is 1. The number of nitrogens with two attached hydrogens (primary N) is 1. The van der Waals surface area contributed by atoms with Crippen molar-refractivity contribution in [3.8, 4) is 0 Å². The molecule has 1 aliphatic heterocycles. The standard InChI is InChI=1S/C18H19ClN2/c19-16-8-4-7-14-15(16)12-21(17(14)11-20)18(9-10-18)13-5-2-1-3-6-13/h1-8,17H,9-12,20H2. The van der Waals surface area contributed by atoms with Gasteiger partial charge in [0.2, 0.25) is 0 Å². The molecule has 2 aromatic rings. The predicted octanol–water partition coefficient (Wildman–Crippen LogP) is 3.84. The van der Waals surface area contributed by atoms with Gasteiger partial charge in [-0.05, 0) is 35.6 Å². The van der Waals surface area contributed by atoms with Gasteiger partial charge in [-0.2, -0.15) is 0 Å². The molecule has 2 aliphatic rings. The highest BCUT2D eigenvalue weighted by Gasteiger charge is 2.53. The fourth-order valence-electron chi connectivity index (χ4n) is 3.82. The number of fused-ring (bicyclic) bond motifs is 1. The quantitative estimate of drug-likeness (QED) is 0.933. The molecule has 0 spiro atoms. The molecule has 1 heterocycles. The maximum Gasteiger partial charge on any atom is 0.0486 e. The van der Waals surface area contributed by atoms with Crippen molar-refractivity contribution >= 4 is 11.6 Å². The Balaban J connectivity index is 1.76. The SMILES string of the molecule is NCC1c2cccc(Cl)c2CN1C1(c2ccccc2)CC1. The van der Waals surface area contributed by atoms with Crippen molar-refractivity contribution in [2.75, 3.05) is 6.54 Å². The molecule has 2 N–H and O–H groups in total. The molecular weight excluding hydrogens is 280 g/mol. The Morgan fingerprint density at radius 3 is 2.52 bits per heavy atom. The van der Waals surface area contributed by atoms with Crippen LogP contribution in [-0.4, -0.2) is 11.4 Å². The van der Waals surface area contributed by atoms with Crippen molar-refractivity contribution in [1.29, 1.82) is 0 Å². The van der Waals surface area contributed by atoms with Crippen LogP contribution in [0.1, 0.15) is 35.6 Å². The molecule has 1 atom stereocenters. The van der Waals surface area contributed by atoms with Gasteiger partial charge in [0, 0.05) is 29.7 Å². The lowest BCUT2D eigenvalue weighted by atomic mass is 10.0. The molecule has 4 rings (SSSR count). The summed E-state index contributed by atoms with van der Waals surface area (Å²) in [4.78, 5) is 2.57. The molecule has 1 saturated carbocycles. The molecule has 1 aliphatic carbocycles. The van der Waals surface area contributed by atoms with Crippen LogP contribution >= 0.6 is 11.6 Å². The molecule has 1 unspecified atom stereocenters. The van der Waals surface area contributed by atoms with E-state index in [1.807, 2.05) is 12.1 Å². The summed E-state index contributed by atoms with van der Waals surface area (Å²) in [5.74, 6) is 0. The molecule has 2 nitrogen and oxygen atoms in total. The summed E-state index contributed by atoms with van der Waals surface area (Å²) in [6.45, 7) is 1.55. The van der Waals surface area contributed by atoms with Gasteiger partial charge in [-0.3, -0.25) is 4.90 Å². The lowest BCUT2D eigenvalue weighted by Crippen LogP contribution is -2.37. The number of hydrogen-bond acceptors (Lipinski definition) is 2. The zero-order valence-electron chi connectivity index (χ0n) is 11.9. The summed E-state index contributed by atoms with van der Waals surface area (Å²) in [6.07, 6.45) is 2.41. The summed E-state index contributed by atoms with van der Waals surface area (Å²) in [5, 5.41) is 0.873. The maximum absolute atomic E-state index is 6.41. The van der Waals surface area contributed by atoms with E-state index in [4.69, 9.17) is 17.3 Å². The minimum absolute atomic E-state index is 0.160. The second-order valence-electron chi connectivity index (χ2n) is 6.08. The molecule has 0 saturated heterocycles. The van der Waals surface area contributed by atoms with E-state index in [2.05, 4.69) is 41.3 Å². The average molecular weight is 299 g/mol. The number of hydrogen-bond donors (Lipinski definition) is 1. The highest BCUT2D eigenvalue weighted by Crippen LogP contribution is 2.57. The van der Waals surface area contributed by atoms with Gasteiger partial charge in [0.15, 0.2) is 0 Å². The third-order valence-corrected chi connectivity index (χ3v) is 5.38. The normalized spacial score (nSPS) is 23.0. The Morgan fingerprint density at radius 1 is 1.10 bits per heavy atom. The molecule has 0 amide bonds. The largest absolute Gasteiger partial charge is 0.329 e. The Labute approximate surface area is 130 Å². The van der Waals surface area contributed by atoms with Crippen LogP contribution in [0.15, 0.2) is 48.5 Å². The topological polar surface area (TPSA) is 29.3 Å². The van der Waals surface area contributed by atoms with E-state index >= 15 is 0 Å². The third-order valence-electron chi connectivity index (χ3n) is 5.03.